The first-order chi connectivity index (χ1) is 8.74. The van der Waals surface area contributed by atoms with Crippen molar-refractivity contribution in [1.29, 1.82) is 0 Å². The van der Waals surface area contributed by atoms with Gasteiger partial charge >= 0.3 is 0 Å². The lowest BCUT2D eigenvalue weighted by Crippen LogP contribution is -2.40. The monoisotopic (exact) mass is 252 g/mol. The van der Waals surface area contributed by atoms with Crippen LogP contribution in [0.1, 0.15) is 25.5 Å². The fourth-order valence-corrected chi connectivity index (χ4v) is 2.53. The molecule has 5 nitrogen and oxygen atoms in total. The van der Waals surface area contributed by atoms with Crippen molar-refractivity contribution in [1.82, 2.24) is 15.2 Å². The van der Waals surface area contributed by atoms with Crippen LogP contribution in [0.4, 0.5) is 6.01 Å². The Kier molecular flexibility index (Phi) is 4.60. The van der Waals surface area contributed by atoms with Gasteiger partial charge in [-0.2, -0.15) is 4.98 Å². The van der Waals surface area contributed by atoms with Gasteiger partial charge in [0.1, 0.15) is 6.26 Å². The molecule has 18 heavy (non-hydrogen) atoms. The summed E-state index contributed by atoms with van der Waals surface area (Å²) in [6, 6.07) is 1.28. The van der Waals surface area contributed by atoms with Gasteiger partial charge in [-0.3, -0.25) is 0 Å². The zero-order chi connectivity index (χ0) is 13.0. The fourth-order valence-electron chi connectivity index (χ4n) is 2.53. The van der Waals surface area contributed by atoms with Crippen LogP contribution < -0.4 is 10.2 Å². The van der Waals surface area contributed by atoms with Crippen molar-refractivity contribution in [2.45, 2.75) is 32.4 Å². The van der Waals surface area contributed by atoms with E-state index < -0.39 is 0 Å². The van der Waals surface area contributed by atoms with Crippen molar-refractivity contribution in [2.75, 3.05) is 38.6 Å². The molecule has 0 bridgehead atoms. The Hall–Kier alpha value is -1.07. The number of nitrogens with zero attached hydrogens (tertiary/aromatic N) is 3. The second-order valence-electron chi connectivity index (χ2n) is 5.02. The van der Waals surface area contributed by atoms with Crippen LogP contribution in [0.15, 0.2) is 10.7 Å². The van der Waals surface area contributed by atoms with Crippen molar-refractivity contribution < 1.29 is 4.42 Å². The Morgan fingerprint density at radius 2 is 2.33 bits per heavy atom. The molecule has 1 aromatic rings. The van der Waals surface area contributed by atoms with Crippen molar-refractivity contribution in [3.8, 4) is 0 Å². The van der Waals surface area contributed by atoms with Crippen molar-refractivity contribution in [3.05, 3.63) is 12.0 Å². The maximum Gasteiger partial charge on any atom is 0.297 e. The second kappa shape index (κ2) is 6.20. The van der Waals surface area contributed by atoms with Crippen LogP contribution in [0.25, 0.3) is 0 Å². The standard InChI is InChI=1S/C13H24N4O/c1-4-12-9-16(3)6-5-7-17(12)13-15-11(8-14-2)10-18-13/h10,12,14H,4-9H2,1-3H3. The molecule has 1 aliphatic heterocycles. The summed E-state index contributed by atoms with van der Waals surface area (Å²) in [7, 11) is 4.11. The molecule has 1 N–H and O–H groups in total. The van der Waals surface area contributed by atoms with E-state index in [1.54, 1.807) is 6.26 Å². The largest absolute Gasteiger partial charge is 0.432 e. The topological polar surface area (TPSA) is 44.5 Å². The summed E-state index contributed by atoms with van der Waals surface area (Å²) in [5.41, 5.74) is 0.972. The van der Waals surface area contributed by atoms with Crippen molar-refractivity contribution in [2.24, 2.45) is 0 Å². The molecule has 2 heterocycles. The molecular formula is C13H24N4O. The smallest absolute Gasteiger partial charge is 0.297 e. The molecule has 102 valence electrons. The van der Waals surface area contributed by atoms with Gasteiger partial charge in [-0.25, -0.2) is 0 Å². The summed E-state index contributed by atoms with van der Waals surface area (Å²) >= 11 is 0. The highest BCUT2D eigenvalue weighted by molar-refractivity contribution is 5.29. The van der Waals surface area contributed by atoms with E-state index in [1.165, 1.54) is 0 Å². The van der Waals surface area contributed by atoms with E-state index in [9.17, 15) is 0 Å². The van der Waals surface area contributed by atoms with Crippen LogP contribution in [0.2, 0.25) is 0 Å². The Balaban J connectivity index is 2.12. The van der Waals surface area contributed by atoms with E-state index >= 15 is 0 Å². The average Bonchev–Trinajstić information content (AvgIpc) is 2.72. The minimum absolute atomic E-state index is 0.499. The SMILES string of the molecule is CCC1CN(C)CCCN1c1nc(CNC)co1. The third-order valence-electron chi connectivity index (χ3n) is 3.52. The van der Waals surface area contributed by atoms with E-state index in [-0.39, 0.29) is 0 Å². The first-order valence-electron chi connectivity index (χ1n) is 6.78. The minimum Gasteiger partial charge on any atom is -0.432 e. The van der Waals surface area contributed by atoms with Crippen LogP contribution in [0, 0.1) is 0 Å². The van der Waals surface area contributed by atoms with Crippen LogP contribution in [-0.2, 0) is 6.54 Å². The highest BCUT2D eigenvalue weighted by Crippen LogP contribution is 2.21. The van der Waals surface area contributed by atoms with Gasteiger partial charge in [0.05, 0.1) is 5.69 Å². The van der Waals surface area contributed by atoms with Crippen LogP contribution in [0.5, 0.6) is 0 Å². The van der Waals surface area contributed by atoms with Gasteiger partial charge in [-0.1, -0.05) is 6.92 Å². The van der Waals surface area contributed by atoms with E-state index in [4.69, 9.17) is 4.42 Å². The number of rotatable bonds is 4. The Bertz CT molecular complexity index is 366. The van der Waals surface area contributed by atoms with E-state index in [0.29, 0.717) is 6.04 Å². The Morgan fingerprint density at radius 3 is 3.06 bits per heavy atom. The number of aromatic nitrogens is 1. The molecular weight excluding hydrogens is 228 g/mol. The molecule has 1 unspecified atom stereocenters. The molecule has 0 amide bonds. The highest BCUT2D eigenvalue weighted by atomic mass is 16.4. The lowest BCUT2D eigenvalue weighted by molar-refractivity contribution is 0.325. The van der Waals surface area contributed by atoms with E-state index in [2.05, 4.69) is 34.1 Å². The Labute approximate surface area is 109 Å². The molecule has 1 atom stereocenters. The maximum atomic E-state index is 5.64. The summed E-state index contributed by atoms with van der Waals surface area (Å²) in [6.45, 7) is 6.25. The number of hydrogen-bond acceptors (Lipinski definition) is 5. The summed E-state index contributed by atoms with van der Waals surface area (Å²) < 4.78 is 5.64. The van der Waals surface area contributed by atoms with Gasteiger partial charge < -0.3 is 19.5 Å². The first kappa shape index (κ1) is 13.4. The predicted molar refractivity (Wildman–Crippen MR) is 72.8 cm³/mol. The molecule has 0 radical (unpaired) electrons. The lowest BCUT2D eigenvalue weighted by Gasteiger charge is -2.28. The molecule has 0 aliphatic carbocycles. The number of likely N-dealkylation sites (N-methyl/N-ethyl adjacent to an activating group) is 1. The van der Waals surface area contributed by atoms with Crippen LogP contribution in [0.3, 0.4) is 0 Å². The summed E-state index contributed by atoms with van der Waals surface area (Å²) in [5, 5.41) is 3.10. The zero-order valence-corrected chi connectivity index (χ0v) is 11.6. The number of hydrogen-bond donors (Lipinski definition) is 1. The molecule has 0 spiro atoms. The third-order valence-corrected chi connectivity index (χ3v) is 3.52. The molecule has 1 fully saturated rings. The summed E-state index contributed by atoms with van der Waals surface area (Å²) in [5.74, 6) is 0. The Morgan fingerprint density at radius 1 is 1.50 bits per heavy atom. The molecule has 0 saturated carbocycles. The maximum absolute atomic E-state index is 5.64. The van der Waals surface area contributed by atoms with Gasteiger partial charge in [0, 0.05) is 25.7 Å². The van der Waals surface area contributed by atoms with Crippen LogP contribution >= 0.6 is 0 Å². The molecule has 2 rings (SSSR count). The van der Waals surface area contributed by atoms with Crippen molar-refractivity contribution >= 4 is 6.01 Å². The molecule has 1 aliphatic rings. The third kappa shape index (κ3) is 3.03. The zero-order valence-electron chi connectivity index (χ0n) is 11.6. The van der Waals surface area contributed by atoms with E-state index in [1.807, 2.05) is 7.05 Å². The van der Waals surface area contributed by atoms with Gasteiger partial charge in [-0.15, -0.1) is 0 Å². The number of nitrogens with one attached hydrogen (secondary N) is 1. The van der Waals surface area contributed by atoms with Gasteiger partial charge in [0.15, 0.2) is 0 Å². The quantitative estimate of drug-likeness (QED) is 0.875. The van der Waals surface area contributed by atoms with Crippen molar-refractivity contribution in [3.63, 3.8) is 0 Å². The lowest BCUT2D eigenvalue weighted by atomic mass is 10.2. The molecule has 5 heteroatoms. The molecule has 1 aromatic heterocycles. The van der Waals surface area contributed by atoms with Gasteiger partial charge in [0.25, 0.3) is 6.01 Å². The molecule has 1 saturated heterocycles. The minimum atomic E-state index is 0.499. The van der Waals surface area contributed by atoms with E-state index in [0.717, 1.165) is 50.7 Å². The number of anilines is 1. The average molecular weight is 252 g/mol. The predicted octanol–water partition coefficient (Wildman–Crippen LogP) is 1.31. The highest BCUT2D eigenvalue weighted by Gasteiger charge is 2.25. The normalized spacial score (nSPS) is 22.2. The fraction of sp³-hybridized carbons (Fsp3) is 0.769. The second-order valence-corrected chi connectivity index (χ2v) is 5.02. The first-order valence-corrected chi connectivity index (χ1v) is 6.78. The van der Waals surface area contributed by atoms with Gasteiger partial charge in [0.2, 0.25) is 0 Å². The molecule has 0 aromatic carbocycles. The number of oxazole rings is 1. The van der Waals surface area contributed by atoms with Gasteiger partial charge in [-0.05, 0) is 33.5 Å². The van der Waals surface area contributed by atoms with Crippen LogP contribution in [-0.4, -0.2) is 49.7 Å². The summed E-state index contributed by atoms with van der Waals surface area (Å²) in [4.78, 5) is 9.28. The summed E-state index contributed by atoms with van der Waals surface area (Å²) in [6.07, 6.45) is 4.04.